The van der Waals surface area contributed by atoms with E-state index in [2.05, 4.69) is 37.2 Å². The smallest absolute Gasteiger partial charge is 0.205 e. The number of halogens is 2. The first-order chi connectivity index (χ1) is 4.72. The summed E-state index contributed by atoms with van der Waals surface area (Å²) >= 11 is 4.24. The summed E-state index contributed by atoms with van der Waals surface area (Å²) in [6.45, 7) is 0.974. The van der Waals surface area contributed by atoms with Gasteiger partial charge in [-0.3, -0.25) is 9.46 Å². The molecule has 1 aliphatic heterocycles. The average Bonchev–Trinajstić information content (AvgIpc) is 1.88. The molecule has 1 rings (SSSR count). The molecule has 2 atom stereocenters. The van der Waals surface area contributed by atoms with Crippen molar-refractivity contribution in [2.75, 3.05) is 13.6 Å². The van der Waals surface area contributed by atoms with E-state index in [-0.39, 0.29) is 38.5 Å². The third-order valence-corrected chi connectivity index (χ3v) is 2.87. The third kappa shape index (κ3) is 5.91. The Morgan fingerprint density at radius 1 is 1.64 bits per heavy atom. The van der Waals surface area contributed by atoms with Gasteiger partial charge in [-0.2, -0.15) is 0 Å². The zero-order valence-electron chi connectivity index (χ0n) is 6.13. The monoisotopic (exact) mass is 478 g/mol. The van der Waals surface area contributed by atoms with Crippen molar-refractivity contribution >= 4 is 45.3 Å². The van der Waals surface area contributed by atoms with E-state index >= 15 is 0 Å². The van der Waals surface area contributed by atoms with E-state index in [0.717, 1.165) is 13.0 Å². The van der Waals surface area contributed by atoms with Crippen LogP contribution in [0.5, 0.6) is 0 Å². The minimum absolute atomic E-state index is 0. The predicted molar refractivity (Wildman–Crippen MR) is 60.3 cm³/mol. The molecule has 0 spiro atoms. The van der Waals surface area contributed by atoms with Gasteiger partial charge in [-0.25, -0.2) is 0 Å². The van der Waals surface area contributed by atoms with E-state index in [1.54, 1.807) is 0 Å². The van der Waals surface area contributed by atoms with Crippen LogP contribution < -0.4 is 0 Å². The fraction of sp³-hybridized carbons (Fsp3) is 1.00. The average molecular weight is 478 g/mol. The number of hydrogen-bond acceptors (Lipinski definition) is 2. The zero-order valence-corrected chi connectivity index (χ0v) is 14.3. The molecule has 1 N–H and O–H groups in total. The van der Waals surface area contributed by atoms with Crippen LogP contribution in [-0.4, -0.2) is 29.2 Å². The van der Waals surface area contributed by atoms with Gasteiger partial charge in [0.05, 0.1) is 5.78 Å². The van der Waals surface area contributed by atoms with Crippen molar-refractivity contribution in [2.24, 2.45) is 0 Å². The van der Waals surface area contributed by atoms with Crippen LogP contribution in [0.2, 0.25) is 0 Å². The second-order valence-electron chi connectivity index (χ2n) is 2.12. The van der Waals surface area contributed by atoms with Crippen LogP contribution in [0.3, 0.4) is 0 Å². The van der Waals surface area contributed by atoms with E-state index in [1.165, 1.54) is 0 Å². The minimum atomic E-state index is -2.25. The van der Waals surface area contributed by atoms with E-state index in [1.807, 2.05) is 11.9 Å². The molecule has 2 unspecified atom stereocenters. The van der Waals surface area contributed by atoms with Gasteiger partial charge in [0, 0.05) is 76.5 Å². The Hall–Kier alpha value is 2.71. The van der Waals surface area contributed by atoms with Crippen LogP contribution in [0.25, 0.3) is 0 Å². The molecule has 11 heavy (non-hydrogen) atoms. The Morgan fingerprint density at radius 2 is 2.09 bits per heavy atom. The topological polar surface area (TPSA) is 40.5 Å². The van der Waals surface area contributed by atoms with E-state index in [4.69, 9.17) is 4.89 Å². The van der Waals surface area contributed by atoms with Gasteiger partial charge in [0.1, 0.15) is 0 Å². The normalized spacial score (nSPS) is 25.3. The molecule has 0 aromatic heterocycles. The molecule has 1 heterocycles. The van der Waals surface area contributed by atoms with Gasteiger partial charge >= 0.3 is 0 Å². The predicted octanol–water partition coefficient (Wildman–Crippen LogP) is 1.88. The van der Waals surface area contributed by atoms with Crippen LogP contribution in [-0.2, 0) is 37.3 Å². The second kappa shape index (κ2) is 9.28. The van der Waals surface area contributed by atoms with Gasteiger partial charge < -0.3 is 4.89 Å². The van der Waals surface area contributed by atoms with Crippen LogP contribution in [0.1, 0.15) is 6.42 Å². The Balaban J connectivity index is 0. The van der Waals surface area contributed by atoms with Gasteiger partial charge in [0.25, 0.3) is 0 Å². The molecule has 0 saturated carbocycles. The van der Waals surface area contributed by atoms with Crippen molar-refractivity contribution in [3.8, 4) is 0 Å². The molecule has 0 aromatic rings. The van der Waals surface area contributed by atoms with Gasteiger partial charge in [-0.05, 0) is 13.5 Å². The molecular formula is C4H10I2NO2PY. The summed E-state index contributed by atoms with van der Waals surface area (Å²) in [6.07, 6.45) is 0.894. The van der Waals surface area contributed by atoms with Crippen molar-refractivity contribution < 1.29 is 42.2 Å². The maximum absolute atomic E-state index is 10.3. The first-order valence-electron chi connectivity index (χ1n) is 2.79. The van der Waals surface area contributed by atoms with E-state index in [0.29, 0.717) is 0 Å². The van der Waals surface area contributed by atoms with E-state index in [9.17, 15) is 4.57 Å². The summed E-state index contributed by atoms with van der Waals surface area (Å²) in [4.78, 5) is 10.5. The molecule has 1 aliphatic rings. The Bertz CT molecular complexity index is 129. The van der Waals surface area contributed by atoms with Crippen molar-refractivity contribution in [3.63, 3.8) is 0 Å². The number of nitrogens with zero attached hydrogens (tertiary/aromatic N) is 1. The van der Waals surface area contributed by atoms with Gasteiger partial charge in [0.2, 0.25) is 8.03 Å². The van der Waals surface area contributed by atoms with Crippen LogP contribution >= 0.6 is 45.3 Å². The first-order valence-corrected chi connectivity index (χ1v) is 10.5. The minimum Gasteiger partial charge on any atom is -0.345 e. The summed E-state index contributed by atoms with van der Waals surface area (Å²) in [5, 5.41) is 0. The zero-order chi connectivity index (χ0) is 8.15. The largest absolute Gasteiger partial charge is 0.345 e. The quantitative estimate of drug-likeness (QED) is 0.463. The summed E-state index contributed by atoms with van der Waals surface area (Å²) in [6, 6.07) is 0. The summed E-state index contributed by atoms with van der Waals surface area (Å²) in [5.41, 5.74) is 0. The molecule has 1 fully saturated rings. The SMILES string of the molecule is CN1CCC1[PH](=O)O.II.[Y]. The molecule has 0 bridgehead atoms. The fourth-order valence-corrected chi connectivity index (χ4v) is 1.71. The molecule has 65 valence electrons. The van der Waals surface area contributed by atoms with Crippen LogP contribution in [0.4, 0.5) is 0 Å². The van der Waals surface area contributed by atoms with Crippen molar-refractivity contribution in [1.29, 1.82) is 0 Å². The summed E-state index contributed by atoms with van der Waals surface area (Å²) < 4.78 is 10.3. The third-order valence-electron chi connectivity index (χ3n) is 1.57. The number of hydrogen-bond donors (Lipinski definition) is 1. The van der Waals surface area contributed by atoms with Crippen molar-refractivity contribution in [1.82, 2.24) is 4.90 Å². The van der Waals surface area contributed by atoms with Crippen molar-refractivity contribution in [2.45, 2.75) is 12.2 Å². The Morgan fingerprint density at radius 3 is 2.09 bits per heavy atom. The molecule has 7 heteroatoms. The number of likely N-dealkylation sites (tertiary alicyclic amines) is 1. The molecule has 1 saturated heterocycles. The van der Waals surface area contributed by atoms with Crippen LogP contribution in [0.15, 0.2) is 0 Å². The second-order valence-corrected chi connectivity index (χ2v) is 3.47. The Kier molecular flexibility index (Phi) is 13.6. The Labute approximate surface area is 116 Å². The molecule has 3 nitrogen and oxygen atoms in total. The standard InChI is InChI=1S/C4H10NO2P.I2.Y/c1-5-3-2-4(5)8(6)7;1-2;/h4,8H,2-3H2,1H3,(H,6,7);;. The summed E-state index contributed by atoms with van der Waals surface area (Å²) in [7, 11) is -0.381. The summed E-state index contributed by atoms with van der Waals surface area (Å²) in [5.74, 6) is -0.0139. The number of rotatable bonds is 1. The molecule has 0 aliphatic carbocycles. The van der Waals surface area contributed by atoms with Gasteiger partial charge in [-0.1, -0.05) is 0 Å². The van der Waals surface area contributed by atoms with Crippen LogP contribution in [0, 0.1) is 0 Å². The first kappa shape index (κ1) is 16.2. The maximum atomic E-state index is 10.3. The molecular weight excluding hydrogens is 468 g/mol. The molecule has 0 amide bonds. The van der Waals surface area contributed by atoms with Gasteiger partial charge in [-0.15, -0.1) is 0 Å². The fourth-order valence-electron chi connectivity index (χ4n) is 0.828. The molecule has 0 aromatic carbocycles. The molecule has 1 radical (unpaired) electrons. The van der Waals surface area contributed by atoms with Gasteiger partial charge in [0.15, 0.2) is 0 Å². The maximum Gasteiger partial charge on any atom is 0.205 e. The van der Waals surface area contributed by atoms with Crippen molar-refractivity contribution in [3.05, 3.63) is 0 Å². The van der Waals surface area contributed by atoms with E-state index < -0.39 is 8.03 Å².